The maximum Gasteiger partial charge on any atom is 0.393 e. The first-order chi connectivity index (χ1) is 13.7. The lowest BCUT2D eigenvalue weighted by atomic mass is 10.0. The molecule has 1 aliphatic rings. The Morgan fingerprint density at radius 3 is 2.55 bits per heavy atom. The first kappa shape index (κ1) is 21.2. The minimum Gasteiger partial charge on any atom is -0.270 e. The van der Waals surface area contributed by atoms with Crippen LogP contribution in [0.1, 0.15) is 27.8 Å². The number of rotatable bonds is 3. The zero-order valence-electron chi connectivity index (χ0n) is 16.5. The van der Waals surface area contributed by atoms with Gasteiger partial charge in [0.1, 0.15) is 0 Å². The SMILES string of the molecule is C=C1SCC(c2ccc(C)c(C)c2)=NN1C(=NC)c1ccccc1CC(F)(F)F. The van der Waals surface area contributed by atoms with E-state index in [0.29, 0.717) is 22.2 Å². The highest BCUT2D eigenvalue weighted by molar-refractivity contribution is 8.03. The van der Waals surface area contributed by atoms with Gasteiger partial charge in [0.2, 0.25) is 0 Å². The summed E-state index contributed by atoms with van der Waals surface area (Å²) in [5, 5.41) is 6.88. The highest BCUT2D eigenvalue weighted by atomic mass is 32.2. The van der Waals surface area contributed by atoms with E-state index in [2.05, 4.69) is 17.6 Å². The van der Waals surface area contributed by atoms with Crippen LogP contribution in [-0.2, 0) is 6.42 Å². The summed E-state index contributed by atoms with van der Waals surface area (Å²) >= 11 is 1.49. The molecule has 7 heteroatoms. The number of benzene rings is 2. The molecule has 0 aromatic heterocycles. The molecule has 1 heterocycles. The molecule has 152 valence electrons. The normalized spacial score (nSPS) is 15.5. The van der Waals surface area contributed by atoms with E-state index in [1.54, 1.807) is 30.3 Å². The molecular formula is C22H22F3N3S. The van der Waals surface area contributed by atoms with E-state index >= 15 is 0 Å². The molecule has 0 unspecified atom stereocenters. The molecule has 0 atom stereocenters. The number of aliphatic imine (C=N–C) groups is 1. The van der Waals surface area contributed by atoms with E-state index in [1.165, 1.54) is 23.4 Å². The third-order valence-electron chi connectivity index (χ3n) is 4.73. The van der Waals surface area contributed by atoms with Gasteiger partial charge in [-0.1, -0.05) is 43.0 Å². The number of alkyl halides is 3. The molecule has 2 aromatic rings. The Bertz CT molecular complexity index is 993. The van der Waals surface area contributed by atoms with Crippen molar-refractivity contribution in [2.45, 2.75) is 26.4 Å². The predicted molar refractivity (Wildman–Crippen MR) is 115 cm³/mol. The number of hydrazone groups is 1. The molecule has 2 aromatic carbocycles. The number of hydrogen-bond donors (Lipinski definition) is 0. The van der Waals surface area contributed by atoms with Gasteiger partial charge in [0.15, 0.2) is 5.84 Å². The van der Waals surface area contributed by atoms with E-state index < -0.39 is 12.6 Å². The second-order valence-corrected chi connectivity index (χ2v) is 7.88. The van der Waals surface area contributed by atoms with Crippen LogP contribution >= 0.6 is 11.8 Å². The standard InChI is InChI=1S/C22H22F3N3S/c1-14-9-10-17(11-15(14)2)20-13-29-16(3)28(27-20)21(26-4)19-8-6-5-7-18(19)12-22(23,24)25/h5-11H,3,12-13H2,1-2,4H3. The van der Waals surface area contributed by atoms with Crippen LogP contribution < -0.4 is 0 Å². The Hall–Kier alpha value is -2.54. The summed E-state index contributed by atoms with van der Waals surface area (Å²) in [7, 11) is 1.55. The van der Waals surface area contributed by atoms with Crippen molar-refractivity contribution in [1.82, 2.24) is 5.01 Å². The maximum atomic E-state index is 13.1. The summed E-state index contributed by atoms with van der Waals surface area (Å²) in [5.41, 5.74) is 4.73. The lowest BCUT2D eigenvalue weighted by molar-refractivity contribution is -0.127. The summed E-state index contributed by atoms with van der Waals surface area (Å²) in [5.74, 6) is 0.988. The molecule has 0 N–H and O–H groups in total. The topological polar surface area (TPSA) is 28.0 Å². The lowest BCUT2D eigenvalue weighted by Crippen LogP contribution is -2.31. The van der Waals surface area contributed by atoms with Crippen LogP contribution in [0.3, 0.4) is 0 Å². The van der Waals surface area contributed by atoms with Crippen molar-refractivity contribution < 1.29 is 13.2 Å². The Balaban J connectivity index is 2.03. The molecule has 0 bridgehead atoms. The zero-order valence-corrected chi connectivity index (χ0v) is 17.4. The summed E-state index contributed by atoms with van der Waals surface area (Å²) in [4.78, 5) is 4.28. The van der Waals surface area contributed by atoms with E-state index in [-0.39, 0.29) is 5.56 Å². The van der Waals surface area contributed by atoms with Gasteiger partial charge in [-0.15, -0.1) is 11.8 Å². The van der Waals surface area contributed by atoms with E-state index in [1.807, 2.05) is 26.0 Å². The van der Waals surface area contributed by atoms with E-state index in [4.69, 9.17) is 5.10 Å². The second-order valence-electron chi connectivity index (χ2n) is 6.84. The summed E-state index contributed by atoms with van der Waals surface area (Å²) in [6.45, 7) is 8.12. The van der Waals surface area contributed by atoms with Crippen molar-refractivity contribution in [3.8, 4) is 0 Å². The number of nitrogens with zero attached hydrogens (tertiary/aromatic N) is 3. The van der Waals surface area contributed by atoms with Crippen molar-refractivity contribution in [2.24, 2.45) is 10.1 Å². The Morgan fingerprint density at radius 2 is 1.90 bits per heavy atom. The molecule has 29 heavy (non-hydrogen) atoms. The van der Waals surface area contributed by atoms with Crippen molar-refractivity contribution in [1.29, 1.82) is 0 Å². The van der Waals surface area contributed by atoms with Crippen LogP contribution in [0, 0.1) is 13.8 Å². The predicted octanol–water partition coefficient (Wildman–Crippen LogP) is 5.71. The average molecular weight is 418 g/mol. The van der Waals surface area contributed by atoms with Gasteiger partial charge in [0.05, 0.1) is 17.2 Å². The minimum absolute atomic E-state index is 0.159. The Morgan fingerprint density at radius 1 is 1.17 bits per heavy atom. The van der Waals surface area contributed by atoms with Gasteiger partial charge < -0.3 is 0 Å². The van der Waals surface area contributed by atoms with Gasteiger partial charge in [0, 0.05) is 18.4 Å². The third-order valence-corrected chi connectivity index (χ3v) is 5.66. The van der Waals surface area contributed by atoms with Crippen molar-refractivity contribution in [3.63, 3.8) is 0 Å². The fourth-order valence-electron chi connectivity index (χ4n) is 3.08. The molecule has 0 saturated heterocycles. The quantitative estimate of drug-likeness (QED) is 0.473. The fourth-order valence-corrected chi connectivity index (χ4v) is 3.86. The highest BCUT2D eigenvalue weighted by Crippen LogP contribution is 2.31. The molecule has 0 fully saturated rings. The number of hydrogen-bond acceptors (Lipinski definition) is 3. The summed E-state index contributed by atoms with van der Waals surface area (Å²) in [6, 6.07) is 12.5. The molecule has 1 aliphatic heterocycles. The van der Waals surface area contributed by atoms with E-state index in [0.717, 1.165) is 16.8 Å². The first-order valence-electron chi connectivity index (χ1n) is 9.08. The maximum absolute atomic E-state index is 13.1. The van der Waals surface area contributed by atoms with Crippen LogP contribution in [0.15, 0.2) is 64.2 Å². The molecule has 0 radical (unpaired) electrons. The van der Waals surface area contributed by atoms with Gasteiger partial charge in [-0.25, -0.2) is 5.01 Å². The number of halogens is 3. The second kappa shape index (κ2) is 8.45. The monoisotopic (exact) mass is 417 g/mol. The molecule has 3 nitrogen and oxygen atoms in total. The van der Waals surface area contributed by atoms with Gasteiger partial charge in [-0.3, -0.25) is 4.99 Å². The van der Waals surface area contributed by atoms with E-state index in [9.17, 15) is 13.2 Å². The highest BCUT2D eigenvalue weighted by Gasteiger charge is 2.31. The fraction of sp³-hybridized carbons (Fsp3) is 0.273. The van der Waals surface area contributed by atoms with Crippen LogP contribution in [0.5, 0.6) is 0 Å². The van der Waals surface area contributed by atoms with Gasteiger partial charge in [-0.2, -0.15) is 18.3 Å². The number of thioether (sulfide) groups is 1. The number of amidine groups is 1. The summed E-state index contributed by atoms with van der Waals surface area (Å²) in [6.07, 6.45) is -5.33. The van der Waals surface area contributed by atoms with Gasteiger partial charge in [-0.05, 0) is 42.2 Å². The number of aryl methyl sites for hydroxylation is 2. The molecule has 0 saturated carbocycles. The molecule has 0 aliphatic carbocycles. The Labute approximate surface area is 173 Å². The van der Waals surface area contributed by atoms with Crippen LogP contribution in [0.25, 0.3) is 0 Å². The first-order valence-corrected chi connectivity index (χ1v) is 10.1. The zero-order chi connectivity index (χ0) is 21.2. The summed E-state index contributed by atoms with van der Waals surface area (Å²) < 4.78 is 39.2. The molecule has 0 amide bonds. The molecule has 0 spiro atoms. The largest absolute Gasteiger partial charge is 0.393 e. The van der Waals surface area contributed by atoms with Gasteiger partial charge in [0.25, 0.3) is 0 Å². The lowest BCUT2D eigenvalue weighted by Gasteiger charge is -2.29. The van der Waals surface area contributed by atoms with Crippen molar-refractivity contribution in [3.05, 3.63) is 81.9 Å². The smallest absolute Gasteiger partial charge is 0.270 e. The van der Waals surface area contributed by atoms with Crippen LogP contribution in [0.4, 0.5) is 13.2 Å². The van der Waals surface area contributed by atoms with Crippen molar-refractivity contribution in [2.75, 3.05) is 12.8 Å². The Kier molecular flexibility index (Phi) is 6.17. The minimum atomic E-state index is -4.31. The average Bonchev–Trinajstić information content (AvgIpc) is 2.66. The third kappa shape index (κ3) is 4.90. The van der Waals surface area contributed by atoms with Crippen molar-refractivity contribution >= 4 is 23.3 Å². The molecular weight excluding hydrogens is 395 g/mol. The van der Waals surface area contributed by atoms with Gasteiger partial charge >= 0.3 is 6.18 Å². The van der Waals surface area contributed by atoms with Crippen LogP contribution in [-0.4, -0.2) is 35.5 Å². The van der Waals surface area contributed by atoms with Crippen LogP contribution in [0.2, 0.25) is 0 Å². The molecule has 3 rings (SSSR count).